The number of nitrogens with zero attached hydrogens (tertiary/aromatic N) is 2. The van der Waals surface area contributed by atoms with Crippen LogP contribution in [0.15, 0.2) is 5.16 Å². The van der Waals surface area contributed by atoms with Gasteiger partial charge in [-0.15, -0.1) is 0 Å². The van der Waals surface area contributed by atoms with E-state index in [0.29, 0.717) is 13.0 Å². The van der Waals surface area contributed by atoms with Crippen molar-refractivity contribution >= 4 is 11.7 Å². The zero-order chi connectivity index (χ0) is 13.4. The minimum Gasteiger partial charge on any atom is -0.409 e. The topological polar surface area (TPSA) is 91.0 Å². The summed E-state index contributed by atoms with van der Waals surface area (Å²) in [5.41, 5.74) is 5.36. The summed E-state index contributed by atoms with van der Waals surface area (Å²) in [7, 11) is 0. The largest absolute Gasteiger partial charge is 0.409 e. The van der Waals surface area contributed by atoms with Crippen molar-refractivity contribution in [3.8, 4) is 0 Å². The number of amidine groups is 1. The van der Waals surface area contributed by atoms with Crippen molar-refractivity contribution in [2.24, 2.45) is 10.9 Å². The molecule has 1 unspecified atom stereocenters. The summed E-state index contributed by atoms with van der Waals surface area (Å²) in [6.45, 7) is 4.35. The standard InChI is InChI=1S/C12H24N4O2/c1-10(14-7-5-6-11(13)15-18)12(17)16-8-3-2-4-9-16/h10,14,18H,2-9H2,1H3,(H2,13,15). The fourth-order valence-electron chi connectivity index (χ4n) is 2.11. The maximum absolute atomic E-state index is 12.1. The number of likely N-dealkylation sites (tertiary alicyclic amines) is 1. The number of amides is 1. The summed E-state index contributed by atoms with van der Waals surface area (Å²) in [6.07, 6.45) is 4.75. The minimum atomic E-state index is -0.157. The number of piperidine rings is 1. The lowest BCUT2D eigenvalue weighted by Gasteiger charge is -2.29. The van der Waals surface area contributed by atoms with Gasteiger partial charge in [0.2, 0.25) is 5.91 Å². The molecule has 1 rings (SSSR count). The van der Waals surface area contributed by atoms with E-state index in [1.165, 1.54) is 6.42 Å². The Morgan fingerprint density at radius 1 is 1.44 bits per heavy atom. The molecule has 1 aliphatic heterocycles. The quantitative estimate of drug-likeness (QED) is 0.212. The van der Waals surface area contributed by atoms with Crippen molar-refractivity contribution in [2.75, 3.05) is 19.6 Å². The average molecular weight is 256 g/mol. The number of hydrogen-bond acceptors (Lipinski definition) is 4. The van der Waals surface area contributed by atoms with E-state index >= 15 is 0 Å². The summed E-state index contributed by atoms with van der Waals surface area (Å²) in [6, 6.07) is -0.157. The van der Waals surface area contributed by atoms with E-state index < -0.39 is 0 Å². The highest BCUT2D eigenvalue weighted by molar-refractivity contribution is 5.81. The summed E-state index contributed by atoms with van der Waals surface area (Å²) in [5, 5.41) is 14.5. The molecule has 1 fully saturated rings. The monoisotopic (exact) mass is 256 g/mol. The SMILES string of the molecule is CC(NCCCC(N)=NO)C(=O)N1CCCCC1. The van der Waals surface area contributed by atoms with Crippen molar-refractivity contribution in [3.63, 3.8) is 0 Å². The summed E-state index contributed by atoms with van der Waals surface area (Å²) < 4.78 is 0. The van der Waals surface area contributed by atoms with Gasteiger partial charge in [0.1, 0.15) is 5.84 Å². The molecule has 0 bridgehead atoms. The lowest BCUT2D eigenvalue weighted by Crippen LogP contribution is -2.47. The van der Waals surface area contributed by atoms with E-state index in [4.69, 9.17) is 10.9 Å². The van der Waals surface area contributed by atoms with Crippen molar-refractivity contribution in [3.05, 3.63) is 0 Å². The van der Waals surface area contributed by atoms with Crippen LogP contribution < -0.4 is 11.1 Å². The summed E-state index contributed by atoms with van der Waals surface area (Å²) >= 11 is 0. The molecule has 1 atom stereocenters. The normalized spacial score (nSPS) is 18.7. The van der Waals surface area contributed by atoms with E-state index in [0.717, 1.165) is 32.4 Å². The minimum absolute atomic E-state index is 0.157. The molecule has 0 radical (unpaired) electrons. The van der Waals surface area contributed by atoms with E-state index in [1.54, 1.807) is 0 Å². The van der Waals surface area contributed by atoms with Crippen LogP contribution in [0, 0.1) is 0 Å². The second-order valence-corrected chi connectivity index (χ2v) is 4.76. The van der Waals surface area contributed by atoms with Gasteiger partial charge in [0.25, 0.3) is 0 Å². The van der Waals surface area contributed by atoms with Crippen molar-refractivity contribution < 1.29 is 10.0 Å². The Kier molecular flexibility index (Phi) is 6.49. The molecule has 0 aromatic carbocycles. The first-order valence-corrected chi connectivity index (χ1v) is 6.63. The van der Waals surface area contributed by atoms with Crippen molar-refractivity contribution in [1.29, 1.82) is 0 Å². The summed E-state index contributed by atoms with van der Waals surface area (Å²) in [4.78, 5) is 14.0. The highest BCUT2D eigenvalue weighted by atomic mass is 16.4. The summed E-state index contributed by atoms with van der Waals surface area (Å²) in [5.74, 6) is 0.408. The molecule has 1 aliphatic rings. The highest BCUT2D eigenvalue weighted by Gasteiger charge is 2.21. The Morgan fingerprint density at radius 3 is 2.72 bits per heavy atom. The predicted molar refractivity (Wildman–Crippen MR) is 70.5 cm³/mol. The van der Waals surface area contributed by atoms with Crippen LogP contribution in [-0.2, 0) is 4.79 Å². The third kappa shape index (κ3) is 4.91. The maximum atomic E-state index is 12.1. The Hall–Kier alpha value is -1.30. The number of carbonyl (C=O) groups is 1. The Balaban J connectivity index is 2.19. The second-order valence-electron chi connectivity index (χ2n) is 4.76. The van der Waals surface area contributed by atoms with Crippen molar-refractivity contribution in [2.45, 2.75) is 45.1 Å². The van der Waals surface area contributed by atoms with Gasteiger partial charge in [-0.25, -0.2) is 0 Å². The molecular weight excluding hydrogens is 232 g/mol. The third-order valence-corrected chi connectivity index (χ3v) is 3.23. The first kappa shape index (κ1) is 14.8. The van der Waals surface area contributed by atoms with Gasteiger partial charge < -0.3 is 21.2 Å². The fraction of sp³-hybridized carbons (Fsp3) is 0.833. The van der Waals surface area contributed by atoms with Gasteiger partial charge in [0.05, 0.1) is 6.04 Å². The molecule has 1 amide bonds. The zero-order valence-corrected chi connectivity index (χ0v) is 11.1. The van der Waals surface area contributed by atoms with Gasteiger partial charge in [-0.3, -0.25) is 4.79 Å². The molecule has 0 saturated carbocycles. The van der Waals surface area contributed by atoms with Crippen LogP contribution in [0.5, 0.6) is 0 Å². The Bertz CT molecular complexity index is 288. The number of rotatable bonds is 6. The Morgan fingerprint density at radius 2 is 2.11 bits per heavy atom. The molecule has 1 heterocycles. The number of nitrogens with one attached hydrogen (secondary N) is 1. The van der Waals surface area contributed by atoms with Crippen molar-refractivity contribution in [1.82, 2.24) is 10.2 Å². The Labute approximate surface area is 108 Å². The first-order chi connectivity index (χ1) is 8.65. The third-order valence-electron chi connectivity index (χ3n) is 3.23. The van der Waals surface area contributed by atoms with Crippen LogP contribution in [0.3, 0.4) is 0 Å². The van der Waals surface area contributed by atoms with Crippen LogP contribution in [-0.4, -0.2) is 47.5 Å². The molecule has 104 valence electrons. The molecule has 18 heavy (non-hydrogen) atoms. The van der Waals surface area contributed by atoms with Gasteiger partial charge in [-0.2, -0.15) is 0 Å². The van der Waals surface area contributed by atoms with Gasteiger partial charge >= 0.3 is 0 Å². The highest BCUT2D eigenvalue weighted by Crippen LogP contribution is 2.09. The fourth-order valence-corrected chi connectivity index (χ4v) is 2.11. The molecule has 6 heteroatoms. The van der Waals surface area contributed by atoms with Gasteiger partial charge in [0, 0.05) is 19.5 Å². The molecule has 4 N–H and O–H groups in total. The smallest absolute Gasteiger partial charge is 0.239 e. The lowest BCUT2D eigenvalue weighted by atomic mass is 10.1. The number of carbonyl (C=O) groups excluding carboxylic acids is 1. The second kappa shape index (κ2) is 7.92. The lowest BCUT2D eigenvalue weighted by molar-refractivity contribution is -0.133. The van der Waals surface area contributed by atoms with Crippen LogP contribution in [0.4, 0.5) is 0 Å². The number of nitrogens with two attached hydrogens (primary N) is 1. The van der Waals surface area contributed by atoms with Crippen LogP contribution in [0.2, 0.25) is 0 Å². The molecule has 0 spiro atoms. The maximum Gasteiger partial charge on any atom is 0.239 e. The molecule has 0 aromatic heterocycles. The molecule has 1 saturated heterocycles. The van der Waals surface area contributed by atoms with Gasteiger partial charge in [-0.05, 0) is 39.2 Å². The molecule has 0 aromatic rings. The van der Waals surface area contributed by atoms with Gasteiger partial charge in [-0.1, -0.05) is 5.16 Å². The van der Waals surface area contributed by atoms with E-state index in [-0.39, 0.29) is 17.8 Å². The van der Waals surface area contributed by atoms with Gasteiger partial charge in [0.15, 0.2) is 0 Å². The zero-order valence-electron chi connectivity index (χ0n) is 11.1. The van der Waals surface area contributed by atoms with Crippen LogP contribution in [0.25, 0.3) is 0 Å². The van der Waals surface area contributed by atoms with E-state index in [2.05, 4.69) is 10.5 Å². The molecule has 0 aliphatic carbocycles. The number of oxime groups is 1. The van der Waals surface area contributed by atoms with Crippen LogP contribution >= 0.6 is 0 Å². The number of hydrogen-bond donors (Lipinski definition) is 3. The van der Waals surface area contributed by atoms with E-state index in [9.17, 15) is 4.79 Å². The van der Waals surface area contributed by atoms with Crippen LogP contribution in [0.1, 0.15) is 39.0 Å². The predicted octanol–water partition coefficient (Wildman–Crippen LogP) is 0.504. The average Bonchev–Trinajstić information content (AvgIpc) is 2.43. The molecule has 6 nitrogen and oxygen atoms in total. The molecular formula is C12H24N4O2. The van der Waals surface area contributed by atoms with E-state index in [1.807, 2.05) is 11.8 Å². The first-order valence-electron chi connectivity index (χ1n) is 6.63.